The first kappa shape index (κ1) is 13.4. The summed E-state index contributed by atoms with van der Waals surface area (Å²) in [5, 5.41) is 0. The molecule has 17 heavy (non-hydrogen) atoms. The Labute approximate surface area is 106 Å². The van der Waals surface area contributed by atoms with Crippen LogP contribution in [0.5, 0.6) is 0 Å². The molecule has 2 heteroatoms. The highest BCUT2D eigenvalue weighted by Gasteiger charge is 2.39. The van der Waals surface area contributed by atoms with Crippen LogP contribution >= 0.6 is 0 Å². The molecule has 2 aliphatic rings. The number of hydrogen-bond acceptors (Lipinski definition) is 2. The lowest BCUT2D eigenvalue weighted by Gasteiger charge is -2.38. The third kappa shape index (κ3) is 3.45. The van der Waals surface area contributed by atoms with Crippen molar-refractivity contribution < 1.29 is 4.74 Å². The van der Waals surface area contributed by atoms with Crippen molar-refractivity contribution in [3.8, 4) is 0 Å². The largest absolute Gasteiger partial charge is 0.375 e. The van der Waals surface area contributed by atoms with E-state index in [9.17, 15) is 0 Å². The van der Waals surface area contributed by atoms with Gasteiger partial charge in [-0.15, -0.1) is 0 Å². The maximum atomic E-state index is 6.15. The molecule has 0 aromatic rings. The third-order valence-corrected chi connectivity index (χ3v) is 4.87. The first-order valence-corrected chi connectivity index (χ1v) is 7.51. The zero-order valence-corrected chi connectivity index (χ0v) is 11.6. The minimum atomic E-state index is 0.283. The van der Waals surface area contributed by atoms with Crippen molar-refractivity contribution >= 4 is 0 Å². The SMILES string of the molecule is CC(C)C(N)CCC1CCOC2(CCCC2)C1. The van der Waals surface area contributed by atoms with Crippen LogP contribution in [0.1, 0.15) is 65.2 Å². The molecular weight excluding hydrogens is 210 g/mol. The Balaban J connectivity index is 1.77. The van der Waals surface area contributed by atoms with Gasteiger partial charge in [0.15, 0.2) is 0 Å². The lowest BCUT2D eigenvalue weighted by molar-refractivity contribution is -0.0941. The van der Waals surface area contributed by atoms with Crippen LogP contribution in [0.4, 0.5) is 0 Å². The Morgan fingerprint density at radius 1 is 1.29 bits per heavy atom. The first-order chi connectivity index (χ1) is 8.11. The van der Waals surface area contributed by atoms with E-state index >= 15 is 0 Å². The lowest BCUT2D eigenvalue weighted by atomic mass is 9.81. The topological polar surface area (TPSA) is 35.2 Å². The van der Waals surface area contributed by atoms with Gasteiger partial charge in [-0.25, -0.2) is 0 Å². The van der Waals surface area contributed by atoms with Crippen molar-refractivity contribution in [2.45, 2.75) is 76.9 Å². The maximum Gasteiger partial charge on any atom is 0.0685 e. The summed E-state index contributed by atoms with van der Waals surface area (Å²) in [4.78, 5) is 0. The number of ether oxygens (including phenoxy) is 1. The molecule has 100 valence electrons. The molecule has 2 atom stereocenters. The fourth-order valence-corrected chi connectivity index (χ4v) is 3.50. The highest BCUT2D eigenvalue weighted by atomic mass is 16.5. The second-order valence-corrected chi connectivity index (χ2v) is 6.58. The van der Waals surface area contributed by atoms with Crippen LogP contribution in [0.15, 0.2) is 0 Å². The minimum absolute atomic E-state index is 0.283. The Morgan fingerprint density at radius 2 is 2.00 bits per heavy atom. The molecule has 1 spiro atoms. The summed E-state index contributed by atoms with van der Waals surface area (Å²) in [6, 6.07) is 0.386. The van der Waals surface area contributed by atoms with Gasteiger partial charge in [-0.1, -0.05) is 26.7 Å². The molecule has 2 unspecified atom stereocenters. The summed E-state index contributed by atoms with van der Waals surface area (Å²) in [6.07, 6.45) is 10.4. The predicted molar refractivity (Wildman–Crippen MR) is 71.9 cm³/mol. The number of rotatable bonds is 4. The Kier molecular flexibility index (Phi) is 4.48. The van der Waals surface area contributed by atoms with Crippen LogP contribution in [-0.2, 0) is 4.74 Å². The molecule has 1 saturated heterocycles. The van der Waals surface area contributed by atoms with E-state index in [1.165, 1.54) is 51.4 Å². The highest BCUT2D eigenvalue weighted by Crippen LogP contribution is 2.43. The summed E-state index contributed by atoms with van der Waals surface area (Å²) in [7, 11) is 0. The smallest absolute Gasteiger partial charge is 0.0685 e. The fourth-order valence-electron chi connectivity index (χ4n) is 3.50. The zero-order chi connectivity index (χ0) is 12.3. The van der Waals surface area contributed by atoms with E-state index in [-0.39, 0.29) is 5.60 Å². The second-order valence-electron chi connectivity index (χ2n) is 6.58. The van der Waals surface area contributed by atoms with Crippen LogP contribution in [-0.4, -0.2) is 18.2 Å². The quantitative estimate of drug-likeness (QED) is 0.815. The third-order valence-electron chi connectivity index (χ3n) is 4.87. The van der Waals surface area contributed by atoms with Gasteiger partial charge in [-0.3, -0.25) is 0 Å². The molecule has 1 heterocycles. The minimum Gasteiger partial charge on any atom is -0.375 e. The van der Waals surface area contributed by atoms with Gasteiger partial charge in [0, 0.05) is 12.6 Å². The van der Waals surface area contributed by atoms with Crippen LogP contribution in [0, 0.1) is 11.8 Å². The normalized spacial score (nSPS) is 30.0. The molecule has 0 aromatic carbocycles. The summed E-state index contributed by atoms with van der Waals surface area (Å²) >= 11 is 0. The van der Waals surface area contributed by atoms with Crippen LogP contribution < -0.4 is 5.73 Å². The van der Waals surface area contributed by atoms with E-state index in [1.807, 2.05) is 0 Å². The molecule has 2 N–H and O–H groups in total. The van der Waals surface area contributed by atoms with Gasteiger partial charge in [0.25, 0.3) is 0 Å². The van der Waals surface area contributed by atoms with Crippen molar-refractivity contribution in [3.63, 3.8) is 0 Å². The van der Waals surface area contributed by atoms with Gasteiger partial charge in [0.1, 0.15) is 0 Å². The predicted octanol–water partition coefficient (Wildman–Crippen LogP) is 3.49. The standard InChI is InChI=1S/C15H29NO/c1-12(2)14(16)6-5-13-7-10-17-15(11-13)8-3-4-9-15/h12-14H,3-11,16H2,1-2H3. The summed E-state index contributed by atoms with van der Waals surface area (Å²) in [5.74, 6) is 1.49. The molecule has 0 radical (unpaired) electrons. The van der Waals surface area contributed by atoms with Crippen molar-refractivity contribution in [2.24, 2.45) is 17.6 Å². The zero-order valence-electron chi connectivity index (χ0n) is 11.6. The molecule has 0 aromatic heterocycles. The summed E-state index contributed by atoms with van der Waals surface area (Å²) in [6.45, 7) is 5.45. The first-order valence-electron chi connectivity index (χ1n) is 7.51. The van der Waals surface area contributed by atoms with E-state index in [1.54, 1.807) is 0 Å². The Morgan fingerprint density at radius 3 is 2.65 bits per heavy atom. The number of nitrogens with two attached hydrogens (primary N) is 1. The maximum absolute atomic E-state index is 6.15. The average Bonchev–Trinajstić information content (AvgIpc) is 2.74. The molecule has 2 nitrogen and oxygen atoms in total. The van der Waals surface area contributed by atoms with Crippen molar-refractivity contribution in [1.82, 2.24) is 0 Å². The van der Waals surface area contributed by atoms with Gasteiger partial charge in [0.2, 0.25) is 0 Å². The van der Waals surface area contributed by atoms with Crippen LogP contribution in [0.3, 0.4) is 0 Å². The fraction of sp³-hybridized carbons (Fsp3) is 1.00. The summed E-state index contributed by atoms with van der Waals surface area (Å²) < 4.78 is 6.08. The van der Waals surface area contributed by atoms with Gasteiger partial charge in [-0.2, -0.15) is 0 Å². The van der Waals surface area contributed by atoms with Gasteiger partial charge in [0.05, 0.1) is 5.60 Å². The average molecular weight is 239 g/mol. The summed E-state index contributed by atoms with van der Waals surface area (Å²) in [5.41, 5.74) is 6.43. The van der Waals surface area contributed by atoms with Crippen molar-refractivity contribution in [3.05, 3.63) is 0 Å². The molecule has 2 fully saturated rings. The van der Waals surface area contributed by atoms with Gasteiger partial charge in [-0.05, 0) is 50.4 Å². The Hall–Kier alpha value is -0.0800. The molecule has 1 aliphatic carbocycles. The lowest BCUT2D eigenvalue weighted by Crippen LogP contribution is -2.38. The Bertz CT molecular complexity index is 233. The van der Waals surface area contributed by atoms with Crippen molar-refractivity contribution in [2.75, 3.05) is 6.61 Å². The second kappa shape index (κ2) is 5.71. The van der Waals surface area contributed by atoms with Crippen molar-refractivity contribution in [1.29, 1.82) is 0 Å². The van der Waals surface area contributed by atoms with E-state index in [4.69, 9.17) is 10.5 Å². The highest BCUT2D eigenvalue weighted by molar-refractivity contribution is 4.91. The number of hydrogen-bond donors (Lipinski definition) is 1. The van der Waals surface area contributed by atoms with E-state index in [0.29, 0.717) is 12.0 Å². The molecular formula is C15H29NO. The molecule has 2 rings (SSSR count). The molecule has 1 aliphatic heterocycles. The molecule has 0 amide bonds. The molecule has 0 bridgehead atoms. The van der Waals surface area contributed by atoms with Crippen LogP contribution in [0.25, 0.3) is 0 Å². The monoisotopic (exact) mass is 239 g/mol. The molecule has 1 saturated carbocycles. The van der Waals surface area contributed by atoms with E-state index in [2.05, 4.69) is 13.8 Å². The van der Waals surface area contributed by atoms with E-state index < -0.39 is 0 Å². The van der Waals surface area contributed by atoms with Crippen LogP contribution in [0.2, 0.25) is 0 Å². The van der Waals surface area contributed by atoms with Gasteiger partial charge < -0.3 is 10.5 Å². The van der Waals surface area contributed by atoms with Gasteiger partial charge >= 0.3 is 0 Å². The van der Waals surface area contributed by atoms with E-state index in [0.717, 1.165) is 12.5 Å².